The molecule has 0 spiro atoms. The first-order valence-electron chi connectivity index (χ1n) is 11.9. The third-order valence-corrected chi connectivity index (χ3v) is 6.43. The number of nitrogens with zero attached hydrogens (tertiary/aromatic N) is 5. The van der Waals surface area contributed by atoms with Crippen LogP contribution >= 0.6 is 0 Å². The molecule has 0 fully saturated rings. The summed E-state index contributed by atoms with van der Waals surface area (Å²) >= 11 is 0. The lowest BCUT2D eigenvalue weighted by atomic mass is 9.78. The van der Waals surface area contributed by atoms with Crippen LogP contribution in [0.25, 0.3) is 0 Å². The van der Waals surface area contributed by atoms with Gasteiger partial charge in [-0.05, 0) is 29.3 Å². The number of nitrogens with one attached hydrogen (secondary N) is 1. The van der Waals surface area contributed by atoms with E-state index in [1.807, 2.05) is 30.3 Å². The van der Waals surface area contributed by atoms with E-state index in [0.717, 1.165) is 5.56 Å². The van der Waals surface area contributed by atoms with Gasteiger partial charge >= 0.3 is 0 Å². The lowest BCUT2D eigenvalue weighted by molar-refractivity contribution is 0.0827. The lowest BCUT2D eigenvalue weighted by Crippen LogP contribution is -2.29. The monoisotopic (exact) mass is 526 g/mol. The molecule has 0 aliphatic heterocycles. The van der Waals surface area contributed by atoms with E-state index in [4.69, 9.17) is 4.52 Å². The second kappa shape index (κ2) is 11.0. The van der Waals surface area contributed by atoms with Crippen LogP contribution in [0.2, 0.25) is 0 Å². The fourth-order valence-corrected chi connectivity index (χ4v) is 4.49. The van der Waals surface area contributed by atoms with Crippen molar-refractivity contribution in [2.45, 2.75) is 18.8 Å². The Balaban J connectivity index is 1.90. The summed E-state index contributed by atoms with van der Waals surface area (Å²) in [7, 11) is 4.72. The van der Waals surface area contributed by atoms with Crippen LogP contribution in [0.4, 0.5) is 5.69 Å². The van der Waals surface area contributed by atoms with Crippen LogP contribution in [-0.4, -0.2) is 50.6 Å². The normalized spacial score (nSPS) is 12.3. The number of carbonyl (C=O) groups excluding carboxylic acids is 2. The van der Waals surface area contributed by atoms with Gasteiger partial charge in [0.15, 0.2) is 5.69 Å². The molecule has 2 heterocycles. The molecule has 2 N–H and O–H groups in total. The molecule has 4 rings (SSSR count). The Morgan fingerprint density at radius 2 is 1.90 bits per heavy atom. The van der Waals surface area contributed by atoms with Crippen LogP contribution in [0.15, 0.2) is 70.3 Å². The number of aromatic hydroxyl groups is 1. The molecule has 0 aliphatic carbocycles. The van der Waals surface area contributed by atoms with Crippen LogP contribution in [0.1, 0.15) is 62.1 Å². The quantitative estimate of drug-likeness (QED) is 0.372. The number of carbonyl (C=O) groups is 2. The third-order valence-electron chi connectivity index (χ3n) is 6.43. The molecule has 0 radical (unpaired) electrons. The summed E-state index contributed by atoms with van der Waals surface area (Å²) < 4.78 is 5.89. The topological polar surface area (TPSA) is 154 Å². The van der Waals surface area contributed by atoms with Crippen molar-refractivity contribution in [3.8, 4) is 11.8 Å². The Hall–Kier alpha value is -5.24. The first kappa shape index (κ1) is 26.8. The van der Waals surface area contributed by atoms with Crippen molar-refractivity contribution in [1.82, 2.24) is 19.6 Å². The highest BCUT2D eigenvalue weighted by molar-refractivity contribution is 6.04. The Bertz CT molecular complexity index is 1620. The zero-order valence-corrected chi connectivity index (χ0v) is 21.7. The van der Waals surface area contributed by atoms with E-state index < -0.39 is 34.7 Å². The third kappa shape index (κ3) is 5.26. The molecule has 2 atom stereocenters. The molecular formula is C28H26N6O5. The molecule has 0 unspecified atom stereocenters. The molecule has 11 nitrogen and oxygen atoms in total. The summed E-state index contributed by atoms with van der Waals surface area (Å²) in [6.45, 7) is 1.81. The number of anilines is 1. The average Bonchev–Trinajstić information content (AvgIpc) is 3.45. The zero-order valence-electron chi connectivity index (χ0n) is 21.7. The molecule has 2 amide bonds. The Kier molecular flexibility index (Phi) is 7.58. The number of hydrogen-bond acceptors (Lipinski definition) is 8. The van der Waals surface area contributed by atoms with E-state index in [0.29, 0.717) is 16.7 Å². The number of nitriles is 1. The largest absolute Gasteiger partial charge is 0.501 e. The van der Waals surface area contributed by atoms with Gasteiger partial charge in [0.2, 0.25) is 5.75 Å². The number of rotatable bonds is 7. The minimum Gasteiger partial charge on any atom is -0.501 e. The van der Waals surface area contributed by atoms with Gasteiger partial charge in [-0.15, -0.1) is 0 Å². The van der Waals surface area contributed by atoms with E-state index in [1.165, 1.54) is 29.0 Å². The number of aromatic nitrogens is 3. The second-order valence-corrected chi connectivity index (χ2v) is 9.19. The molecule has 4 aromatic rings. The predicted molar refractivity (Wildman–Crippen MR) is 141 cm³/mol. The minimum absolute atomic E-state index is 0.190. The van der Waals surface area contributed by atoms with Gasteiger partial charge in [-0.3, -0.25) is 19.0 Å². The van der Waals surface area contributed by atoms with Gasteiger partial charge in [-0.25, -0.2) is 4.98 Å². The summed E-state index contributed by atoms with van der Waals surface area (Å²) in [6.07, 6.45) is 2.45. The highest BCUT2D eigenvalue weighted by Crippen LogP contribution is 2.39. The maximum absolute atomic E-state index is 13.0. The van der Waals surface area contributed by atoms with E-state index in [2.05, 4.69) is 21.5 Å². The molecule has 198 valence electrons. The van der Waals surface area contributed by atoms with Gasteiger partial charge in [-0.2, -0.15) is 5.26 Å². The lowest BCUT2D eigenvalue weighted by Gasteiger charge is -2.27. The molecule has 0 saturated heterocycles. The van der Waals surface area contributed by atoms with E-state index in [-0.39, 0.29) is 17.4 Å². The van der Waals surface area contributed by atoms with Gasteiger partial charge in [0, 0.05) is 38.5 Å². The van der Waals surface area contributed by atoms with E-state index in [1.54, 1.807) is 39.2 Å². The van der Waals surface area contributed by atoms with Crippen molar-refractivity contribution in [2.24, 2.45) is 7.05 Å². The maximum atomic E-state index is 13.0. The maximum Gasteiger partial charge on any atom is 0.296 e. The number of hydrogen-bond donors (Lipinski definition) is 2. The fraction of sp³-hybridized carbons (Fsp3) is 0.214. The number of benzene rings is 2. The van der Waals surface area contributed by atoms with Gasteiger partial charge in [0.05, 0.1) is 17.8 Å². The fourth-order valence-electron chi connectivity index (χ4n) is 4.49. The van der Waals surface area contributed by atoms with Crippen molar-refractivity contribution >= 4 is 17.5 Å². The smallest absolute Gasteiger partial charge is 0.296 e. The zero-order chi connectivity index (χ0) is 28.3. The van der Waals surface area contributed by atoms with E-state index >= 15 is 0 Å². The second-order valence-electron chi connectivity index (χ2n) is 9.19. The first-order valence-corrected chi connectivity index (χ1v) is 11.9. The Morgan fingerprint density at radius 3 is 2.51 bits per heavy atom. The Morgan fingerprint density at radius 1 is 1.18 bits per heavy atom. The first-order chi connectivity index (χ1) is 18.6. The van der Waals surface area contributed by atoms with Crippen molar-refractivity contribution in [1.29, 1.82) is 5.26 Å². The summed E-state index contributed by atoms with van der Waals surface area (Å²) in [5.41, 5.74) is 1.04. The molecule has 2 aromatic heterocycles. The van der Waals surface area contributed by atoms with Crippen LogP contribution in [0.5, 0.6) is 5.75 Å². The highest BCUT2D eigenvalue weighted by Gasteiger charge is 2.31. The van der Waals surface area contributed by atoms with Crippen molar-refractivity contribution in [3.05, 3.63) is 105 Å². The van der Waals surface area contributed by atoms with Gasteiger partial charge in [0.25, 0.3) is 17.4 Å². The van der Waals surface area contributed by atoms with Crippen molar-refractivity contribution in [2.75, 3.05) is 19.4 Å². The highest BCUT2D eigenvalue weighted by atomic mass is 16.5. The Labute approximate surface area is 223 Å². The van der Waals surface area contributed by atoms with Crippen molar-refractivity contribution in [3.63, 3.8) is 0 Å². The van der Waals surface area contributed by atoms with Crippen LogP contribution in [0.3, 0.4) is 0 Å². The van der Waals surface area contributed by atoms with Gasteiger partial charge < -0.3 is 19.8 Å². The summed E-state index contributed by atoms with van der Waals surface area (Å²) in [4.78, 5) is 44.6. The minimum atomic E-state index is -0.825. The SMILES string of the molecule is C[C@H](c1nc(C(=O)Nc2cnoc2)c(O)c(=O)n1C)[C@H](c1ccccc1)c1cc(C(=O)N(C)C)ccc1C#N. The number of amides is 2. The van der Waals surface area contributed by atoms with Crippen molar-refractivity contribution < 1.29 is 19.2 Å². The van der Waals surface area contributed by atoms with Gasteiger partial charge in [-0.1, -0.05) is 42.4 Å². The van der Waals surface area contributed by atoms with Crippen LogP contribution in [0, 0.1) is 11.3 Å². The molecular weight excluding hydrogens is 500 g/mol. The molecule has 39 heavy (non-hydrogen) atoms. The molecule has 0 bridgehead atoms. The van der Waals surface area contributed by atoms with Crippen LogP contribution in [-0.2, 0) is 7.05 Å². The molecule has 2 aromatic carbocycles. The summed E-state index contributed by atoms with van der Waals surface area (Å²) in [5.74, 6) is -2.82. The molecule has 0 saturated carbocycles. The summed E-state index contributed by atoms with van der Waals surface area (Å²) in [6, 6.07) is 16.4. The molecule has 0 aliphatic rings. The van der Waals surface area contributed by atoms with E-state index in [9.17, 15) is 24.8 Å². The predicted octanol–water partition coefficient (Wildman–Crippen LogP) is 3.24. The summed E-state index contributed by atoms with van der Waals surface area (Å²) in [5, 5.41) is 26.5. The van der Waals surface area contributed by atoms with Crippen LogP contribution < -0.4 is 10.9 Å². The van der Waals surface area contributed by atoms with Gasteiger partial charge in [0.1, 0.15) is 17.8 Å². The molecule has 11 heteroatoms. The average molecular weight is 527 g/mol. The standard InChI is InChI=1S/C28H26N6O5/c1-16(25-32-23(24(35)28(38)34(25)4)26(36)31-20-14-30-39-15-20)22(17-8-6-5-7-9-17)21-12-18(27(37)33(2)3)10-11-19(21)13-29/h5-12,14-16,22,35H,1-4H3,(H,31,36)/t16-,22+/m0/s1.